The molecular weight excluding hydrogens is 235 g/mol. The molecule has 0 aromatic carbocycles. The molecule has 0 aromatic heterocycles. The molecule has 0 atom stereocenters. The lowest BCUT2D eigenvalue weighted by Crippen LogP contribution is -3.99. The summed E-state index contributed by atoms with van der Waals surface area (Å²) in [6.07, 6.45) is 0.818. The maximum Gasteiger partial charge on any atom is 0.506 e. The zero-order valence-corrected chi connectivity index (χ0v) is 7.75. The Hall–Kier alpha value is 0.610. The molecule has 0 aliphatic carbocycles. The second-order valence-electron chi connectivity index (χ2n) is 2.18. The van der Waals surface area contributed by atoms with E-state index in [4.69, 9.17) is 0 Å². The molecule has 0 spiro atoms. The molecule has 0 radical (unpaired) electrons. The lowest BCUT2D eigenvalue weighted by Gasteiger charge is -1.97. The van der Waals surface area contributed by atoms with Gasteiger partial charge in [0.05, 0.1) is 0 Å². The fourth-order valence-corrected chi connectivity index (χ4v) is 0.957. The van der Waals surface area contributed by atoms with Crippen molar-refractivity contribution < 1.29 is 31.0 Å². The van der Waals surface area contributed by atoms with Crippen molar-refractivity contribution in [2.24, 2.45) is 5.92 Å². The number of hydrogen-bond donors (Lipinski definition) is 0. The molecule has 0 aliphatic rings. The molecule has 0 N–H and O–H groups in total. The summed E-state index contributed by atoms with van der Waals surface area (Å²) < 4.78 is 24.2. The zero-order valence-electron chi connectivity index (χ0n) is 5.59. The number of rotatable bonds is 4. The fourth-order valence-electron chi connectivity index (χ4n) is 0.343. The van der Waals surface area contributed by atoms with Gasteiger partial charge < -0.3 is 6.87 Å². The van der Waals surface area contributed by atoms with Crippen molar-refractivity contribution in [3.8, 4) is 0 Å². The van der Waals surface area contributed by atoms with Gasteiger partial charge in [-0.3, -0.25) is 0 Å². The Labute approximate surface area is 64.1 Å². The molecule has 0 aliphatic heterocycles. The topological polar surface area (TPSA) is 55.3 Å². The van der Waals surface area contributed by atoms with Gasteiger partial charge in [-0.05, 0) is 15.4 Å². The predicted octanol–water partition coefficient (Wildman–Crippen LogP) is -3.86. The van der Waals surface area contributed by atoms with E-state index in [-0.39, 0.29) is 0 Å². The Balaban J connectivity index is 2.91. The first-order chi connectivity index (χ1) is 4.13. The summed E-state index contributed by atoms with van der Waals surface area (Å²) in [4.78, 5) is 0. The van der Waals surface area contributed by atoms with Crippen LogP contribution in [0.4, 0.5) is 0 Å². The maximum absolute atomic E-state index is 9.89. The van der Waals surface area contributed by atoms with Gasteiger partial charge in [0.25, 0.3) is 0 Å². The first-order valence-corrected chi connectivity index (χ1v) is 5.46. The van der Waals surface area contributed by atoms with E-state index in [1.54, 1.807) is 0 Å². The minimum atomic E-state index is -3.37. The molecule has 0 amide bonds. The Morgan fingerprint density at radius 3 is 2.33 bits per heavy atom. The van der Waals surface area contributed by atoms with Crippen molar-refractivity contribution >= 4 is 0 Å². The quantitative estimate of drug-likeness (QED) is 0.477. The van der Waals surface area contributed by atoms with Crippen LogP contribution in [0.2, 0.25) is 0 Å². The van der Waals surface area contributed by atoms with Crippen LogP contribution in [0, 0.1) is 5.92 Å². The van der Waals surface area contributed by atoms with Crippen LogP contribution < -0.4 is 27.9 Å². The van der Waals surface area contributed by atoms with Gasteiger partial charge in [0.1, 0.15) is 6.61 Å². The highest BCUT2D eigenvalue weighted by Crippen LogP contribution is 1.95. The Morgan fingerprint density at radius 2 is 2.00 bits per heavy atom. The smallest absolute Gasteiger partial charge is 0.396 e. The van der Waals surface area contributed by atoms with Gasteiger partial charge in [-0.2, -0.15) is 0 Å². The average Bonchev–Trinajstić information content (AvgIpc) is 1.63. The number of hydrogen-bond acceptors (Lipinski definition) is 3. The first-order valence-electron chi connectivity index (χ1n) is 2.81. The first kappa shape index (κ1) is 9.61. The van der Waals surface area contributed by atoms with Crippen molar-refractivity contribution in [1.82, 2.24) is 0 Å². The molecule has 0 saturated heterocycles. The Morgan fingerprint density at radius 1 is 1.44 bits per heavy atom. The predicted molar refractivity (Wildman–Crippen MR) is 25.4 cm³/mol. The summed E-state index contributed by atoms with van der Waals surface area (Å²) in [5.41, 5.74) is 0. The minimum Gasteiger partial charge on any atom is -0.396 e. The SMILES string of the molecule is CC(C)CCO[I+2]([O-])[O-]. The summed E-state index contributed by atoms with van der Waals surface area (Å²) in [5.74, 6) is 0.515. The van der Waals surface area contributed by atoms with Crippen molar-refractivity contribution in [3.63, 3.8) is 0 Å². The summed E-state index contributed by atoms with van der Waals surface area (Å²) in [6, 6.07) is 0. The lowest BCUT2D eigenvalue weighted by molar-refractivity contribution is -1.63. The average molecular weight is 246 g/mol. The van der Waals surface area contributed by atoms with E-state index in [0.29, 0.717) is 12.5 Å². The second-order valence-corrected chi connectivity index (χ2v) is 3.89. The van der Waals surface area contributed by atoms with Gasteiger partial charge >= 0.3 is 21.1 Å². The van der Waals surface area contributed by atoms with Crippen LogP contribution in [0.3, 0.4) is 0 Å². The van der Waals surface area contributed by atoms with E-state index < -0.39 is 21.1 Å². The van der Waals surface area contributed by atoms with Crippen LogP contribution >= 0.6 is 0 Å². The van der Waals surface area contributed by atoms with Crippen molar-refractivity contribution in [3.05, 3.63) is 0 Å². The van der Waals surface area contributed by atoms with Crippen molar-refractivity contribution in [2.45, 2.75) is 20.3 Å². The van der Waals surface area contributed by atoms with E-state index in [0.717, 1.165) is 6.42 Å². The summed E-state index contributed by atoms with van der Waals surface area (Å²) >= 11 is -3.37. The van der Waals surface area contributed by atoms with Gasteiger partial charge in [0, 0.05) is 0 Å². The zero-order chi connectivity index (χ0) is 7.28. The number of halogens is 1. The van der Waals surface area contributed by atoms with E-state index in [2.05, 4.69) is 3.07 Å². The molecule has 9 heavy (non-hydrogen) atoms. The molecular formula is C5H11IO3. The Bertz CT molecular complexity index is 57.2. The molecule has 56 valence electrons. The monoisotopic (exact) mass is 246 g/mol. The molecule has 4 heteroatoms. The van der Waals surface area contributed by atoms with Gasteiger partial charge in [0.15, 0.2) is 0 Å². The summed E-state index contributed by atoms with van der Waals surface area (Å²) in [5, 5.41) is 0. The van der Waals surface area contributed by atoms with Gasteiger partial charge in [-0.15, -0.1) is 0 Å². The highest BCUT2D eigenvalue weighted by atomic mass is 127. The molecule has 0 rings (SSSR count). The molecule has 0 bridgehead atoms. The fraction of sp³-hybridized carbons (Fsp3) is 1.00. The Kier molecular flexibility index (Phi) is 5.77. The van der Waals surface area contributed by atoms with E-state index in [9.17, 15) is 6.87 Å². The summed E-state index contributed by atoms with van der Waals surface area (Å²) in [6.45, 7) is 4.41. The lowest BCUT2D eigenvalue weighted by atomic mass is 10.2. The highest BCUT2D eigenvalue weighted by Gasteiger charge is 2.10. The highest BCUT2D eigenvalue weighted by molar-refractivity contribution is 4.39. The summed E-state index contributed by atoms with van der Waals surface area (Å²) in [7, 11) is 0. The van der Waals surface area contributed by atoms with Gasteiger partial charge in [-0.25, -0.2) is 0 Å². The third kappa shape index (κ3) is 8.61. The van der Waals surface area contributed by atoms with Crippen molar-refractivity contribution in [1.29, 1.82) is 0 Å². The van der Waals surface area contributed by atoms with Crippen molar-refractivity contribution in [2.75, 3.05) is 6.61 Å². The molecule has 0 fully saturated rings. The van der Waals surface area contributed by atoms with Gasteiger partial charge in [0.2, 0.25) is 0 Å². The standard InChI is InChI=1S/C5H11IO3/c1-5(2)3-4-9-6(7)8/h5H,3-4H2,1-2H3. The normalized spacial score (nSPS) is 11.3. The van der Waals surface area contributed by atoms with Crippen LogP contribution in [0.15, 0.2) is 0 Å². The van der Waals surface area contributed by atoms with Gasteiger partial charge in [-0.1, -0.05) is 13.8 Å². The molecule has 0 aromatic rings. The van der Waals surface area contributed by atoms with Crippen LogP contribution in [-0.4, -0.2) is 6.61 Å². The molecule has 3 nitrogen and oxygen atoms in total. The van der Waals surface area contributed by atoms with E-state index in [1.807, 2.05) is 13.8 Å². The second kappa shape index (κ2) is 5.40. The molecule has 0 heterocycles. The minimum absolute atomic E-state index is 0.357. The van der Waals surface area contributed by atoms with E-state index >= 15 is 0 Å². The third-order valence-corrected chi connectivity index (χ3v) is 1.81. The van der Waals surface area contributed by atoms with Crippen LogP contribution in [0.25, 0.3) is 0 Å². The third-order valence-electron chi connectivity index (χ3n) is 0.861. The van der Waals surface area contributed by atoms with E-state index in [1.165, 1.54) is 0 Å². The van der Waals surface area contributed by atoms with Crippen LogP contribution in [0.5, 0.6) is 0 Å². The maximum atomic E-state index is 9.89. The largest absolute Gasteiger partial charge is 0.506 e. The molecule has 0 saturated carbocycles. The van der Waals surface area contributed by atoms with Crippen LogP contribution in [-0.2, 0) is 3.07 Å². The van der Waals surface area contributed by atoms with Crippen LogP contribution in [0.1, 0.15) is 20.3 Å². The molecule has 0 unspecified atom stereocenters.